The predicted molar refractivity (Wildman–Crippen MR) is 186 cm³/mol. The second kappa shape index (κ2) is 11.8. The van der Waals surface area contributed by atoms with Crippen LogP contribution in [0.5, 0.6) is 5.75 Å². The first kappa shape index (κ1) is 31.7. The third kappa shape index (κ3) is 4.55. The standard InChI is InChI=1S/C41H30ClNO7/c42-33-19-26(44)14-15-28(33)36-27-16-17-29-35(39(48)43(38(29)47)25-13-7-10-23(18-25)40(49)50)31(27)20-32-37(46)30(22-8-3-1-4-9-22)21-34(45)41(32,36)24-11-5-2-6-12-24/h1-16,18-19,21,29,31-32,35-36,44H,17,20H2,(H,49,50)/t29-,31+,32-,35-,36+,41-/m0/s1. The van der Waals surface area contributed by atoms with Gasteiger partial charge in [0.2, 0.25) is 11.8 Å². The Morgan fingerprint density at radius 1 is 0.820 bits per heavy atom. The van der Waals surface area contributed by atoms with Crippen LogP contribution in [0.2, 0.25) is 5.02 Å². The van der Waals surface area contributed by atoms with Crippen molar-refractivity contribution in [3.63, 3.8) is 0 Å². The molecule has 0 bridgehead atoms. The van der Waals surface area contributed by atoms with Crippen molar-refractivity contribution >= 4 is 52.2 Å². The highest BCUT2D eigenvalue weighted by Gasteiger charge is 2.66. The fourth-order valence-electron chi connectivity index (χ4n) is 9.00. The predicted octanol–water partition coefficient (Wildman–Crippen LogP) is 6.77. The van der Waals surface area contributed by atoms with Crippen LogP contribution in [0.4, 0.5) is 5.69 Å². The van der Waals surface area contributed by atoms with Crippen molar-refractivity contribution in [3.05, 3.63) is 148 Å². The van der Waals surface area contributed by atoms with Crippen molar-refractivity contribution in [3.8, 4) is 5.75 Å². The zero-order valence-electron chi connectivity index (χ0n) is 26.5. The fourth-order valence-corrected chi connectivity index (χ4v) is 9.29. The number of amides is 2. The molecule has 4 aromatic rings. The van der Waals surface area contributed by atoms with E-state index in [0.717, 1.165) is 10.5 Å². The van der Waals surface area contributed by atoms with Gasteiger partial charge in [-0.2, -0.15) is 0 Å². The number of carbonyl (C=O) groups excluding carboxylic acids is 4. The van der Waals surface area contributed by atoms with Gasteiger partial charge in [0.05, 0.1) is 28.5 Å². The number of carboxylic acid groups (broad SMARTS) is 1. The highest BCUT2D eigenvalue weighted by atomic mass is 35.5. The van der Waals surface area contributed by atoms with E-state index in [2.05, 4.69) is 0 Å². The number of carbonyl (C=O) groups is 5. The van der Waals surface area contributed by atoms with Crippen molar-refractivity contribution in [2.45, 2.75) is 24.2 Å². The van der Waals surface area contributed by atoms with Crippen molar-refractivity contribution in [2.24, 2.45) is 23.7 Å². The molecular weight excluding hydrogens is 654 g/mol. The number of aromatic hydroxyl groups is 1. The molecule has 1 aliphatic heterocycles. The summed E-state index contributed by atoms with van der Waals surface area (Å²) in [4.78, 5) is 71.4. The average Bonchev–Trinajstić information content (AvgIpc) is 3.38. The summed E-state index contributed by atoms with van der Waals surface area (Å²) in [6, 6.07) is 28.5. The van der Waals surface area contributed by atoms with Gasteiger partial charge in [-0.3, -0.25) is 24.1 Å². The number of carboxylic acids is 1. The highest BCUT2D eigenvalue weighted by molar-refractivity contribution is 6.33. The number of Topliss-reactive ketones (excluding diaryl/α,β-unsaturated/α-hetero) is 1. The molecule has 0 aromatic heterocycles. The smallest absolute Gasteiger partial charge is 0.335 e. The number of hydrogen-bond donors (Lipinski definition) is 2. The topological polar surface area (TPSA) is 129 Å². The number of nitrogens with zero attached hydrogens (tertiary/aromatic N) is 1. The quantitative estimate of drug-likeness (QED) is 0.175. The normalized spacial score (nSPS) is 27.2. The number of halogens is 1. The Bertz CT molecular complexity index is 2190. The van der Waals surface area contributed by atoms with E-state index in [1.807, 2.05) is 42.5 Å². The van der Waals surface area contributed by atoms with Crippen LogP contribution in [0.15, 0.2) is 121 Å². The first-order chi connectivity index (χ1) is 24.1. The number of ketones is 2. The number of anilines is 1. The van der Waals surface area contributed by atoms with Crippen LogP contribution in [0.3, 0.4) is 0 Å². The van der Waals surface area contributed by atoms with E-state index in [0.29, 0.717) is 16.7 Å². The average molecular weight is 684 g/mol. The summed E-state index contributed by atoms with van der Waals surface area (Å²) in [5.74, 6) is -6.69. The van der Waals surface area contributed by atoms with E-state index in [1.54, 1.807) is 30.3 Å². The summed E-state index contributed by atoms with van der Waals surface area (Å²) >= 11 is 6.91. The lowest BCUT2D eigenvalue weighted by Crippen LogP contribution is -2.58. The molecule has 9 heteroatoms. The van der Waals surface area contributed by atoms with Gasteiger partial charge in [-0.05, 0) is 71.9 Å². The van der Waals surface area contributed by atoms with Gasteiger partial charge in [-0.1, -0.05) is 96.0 Å². The van der Waals surface area contributed by atoms with Gasteiger partial charge in [-0.25, -0.2) is 4.79 Å². The van der Waals surface area contributed by atoms with E-state index in [1.165, 1.54) is 42.5 Å². The number of phenolic OH excluding ortho intramolecular Hbond substituents is 1. The molecule has 2 fully saturated rings. The summed E-state index contributed by atoms with van der Waals surface area (Å²) in [5.41, 5.74) is 1.43. The molecule has 0 radical (unpaired) electrons. The van der Waals surface area contributed by atoms with Crippen LogP contribution < -0.4 is 4.90 Å². The van der Waals surface area contributed by atoms with Crippen molar-refractivity contribution < 1.29 is 34.2 Å². The van der Waals surface area contributed by atoms with Gasteiger partial charge < -0.3 is 10.2 Å². The minimum Gasteiger partial charge on any atom is -0.508 e. The highest BCUT2D eigenvalue weighted by Crippen LogP contribution is 2.64. The number of allylic oxidation sites excluding steroid dienone is 4. The Morgan fingerprint density at radius 3 is 2.24 bits per heavy atom. The summed E-state index contributed by atoms with van der Waals surface area (Å²) in [6.07, 6.45) is 3.68. The molecule has 6 atom stereocenters. The summed E-state index contributed by atoms with van der Waals surface area (Å²) in [7, 11) is 0. The largest absolute Gasteiger partial charge is 0.508 e. The third-order valence-electron chi connectivity index (χ3n) is 11.0. The SMILES string of the molecule is O=C(O)c1cccc(N2C(=O)[C@H]3[C@H](CC=C4[C@H]3C[C@H]3C(=O)C(c5ccccc5)=CC(=O)[C@@]3(c3ccccc3)[C@H]4c3ccc(O)cc3Cl)C2=O)c1. The number of imide groups is 1. The lowest BCUT2D eigenvalue weighted by molar-refractivity contribution is -0.135. The van der Waals surface area contributed by atoms with E-state index in [-0.39, 0.29) is 52.0 Å². The summed E-state index contributed by atoms with van der Waals surface area (Å²) < 4.78 is 0. The van der Waals surface area contributed by atoms with Crippen molar-refractivity contribution in [1.82, 2.24) is 0 Å². The molecule has 248 valence electrons. The maximum absolute atomic E-state index is 15.1. The third-order valence-corrected chi connectivity index (χ3v) is 11.3. The van der Waals surface area contributed by atoms with Gasteiger partial charge in [0.15, 0.2) is 11.6 Å². The van der Waals surface area contributed by atoms with Gasteiger partial charge in [-0.15, -0.1) is 0 Å². The summed E-state index contributed by atoms with van der Waals surface area (Å²) in [5, 5.41) is 20.2. The van der Waals surface area contributed by atoms with E-state index in [9.17, 15) is 29.4 Å². The van der Waals surface area contributed by atoms with Crippen molar-refractivity contribution in [1.29, 1.82) is 0 Å². The Labute approximate surface area is 292 Å². The van der Waals surface area contributed by atoms with Crippen molar-refractivity contribution in [2.75, 3.05) is 4.90 Å². The molecule has 1 saturated carbocycles. The van der Waals surface area contributed by atoms with E-state index < -0.39 is 52.8 Å². The van der Waals surface area contributed by atoms with Gasteiger partial charge in [0, 0.05) is 22.4 Å². The van der Waals surface area contributed by atoms with E-state index >= 15 is 4.79 Å². The molecular formula is C41H30ClNO7. The molecule has 1 saturated heterocycles. The lowest BCUT2D eigenvalue weighted by Gasteiger charge is -2.55. The van der Waals surface area contributed by atoms with Crippen LogP contribution in [-0.2, 0) is 24.6 Å². The molecule has 4 aromatic carbocycles. The number of aromatic carboxylic acids is 1. The Morgan fingerprint density at radius 2 is 1.54 bits per heavy atom. The minimum atomic E-state index is -1.45. The maximum atomic E-state index is 15.1. The summed E-state index contributed by atoms with van der Waals surface area (Å²) in [6.45, 7) is 0. The Kier molecular flexibility index (Phi) is 7.45. The molecule has 3 aliphatic carbocycles. The van der Waals surface area contributed by atoms with Crippen LogP contribution in [0, 0.1) is 23.7 Å². The molecule has 4 aliphatic rings. The van der Waals surface area contributed by atoms with Crippen LogP contribution in [0.25, 0.3) is 5.57 Å². The number of benzene rings is 4. The minimum absolute atomic E-state index is 0.0596. The zero-order chi connectivity index (χ0) is 34.9. The number of fused-ring (bicyclic) bond motifs is 4. The van der Waals surface area contributed by atoms with Gasteiger partial charge in [0.25, 0.3) is 0 Å². The van der Waals surface area contributed by atoms with Crippen LogP contribution in [0.1, 0.15) is 45.8 Å². The Hall–Kier alpha value is -5.60. The lowest BCUT2D eigenvalue weighted by atomic mass is 9.44. The first-order valence-electron chi connectivity index (χ1n) is 16.4. The fraction of sp³-hybridized carbons (Fsp3) is 0.195. The molecule has 2 N–H and O–H groups in total. The molecule has 0 unspecified atom stereocenters. The second-order valence-electron chi connectivity index (χ2n) is 13.4. The van der Waals surface area contributed by atoms with Gasteiger partial charge in [0.1, 0.15) is 5.75 Å². The zero-order valence-corrected chi connectivity index (χ0v) is 27.3. The Balaban J connectivity index is 1.35. The van der Waals surface area contributed by atoms with Crippen LogP contribution in [-0.4, -0.2) is 39.6 Å². The maximum Gasteiger partial charge on any atom is 0.335 e. The molecule has 0 spiro atoms. The molecule has 8 rings (SSSR count). The molecule has 50 heavy (non-hydrogen) atoms. The first-order valence-corrected chi connectivity index (χ1v) is 16.8. The molecule has 8 nitrogen and oxygen atoms in total. The molecule has 1 heterocycles. The monoisotopic (exact) mass is 683 g/mol. The number of rotatable bonds is 5. The van der Waals surface area contributed by atoms with Gasteiger partial charge >= 0.3 is 5.97 Å². The number of hydrogen-bond acceptors (Lipinski definition) is 6. The van der Waals surface area contributed by atoms with E-state index in [4.69, 9.17) is 11.6 Å². The second-order valence-corrected chi connectivity index (χ2v) is 13.8. The van der Waals surface area contributed by atoms with Crippen LogP contribution >= 0.6 is 11.6 Å². The molecule has 2 amide bonds. The number of phenols is 1.